The van der Waals surface area contributed by atoms with Crippen molar-refractivity contribution in [3.05, 3.63) is 41.5 Å². The van der Waals surface area contributed by atoms with E-state index in [2.05, 4.69) is 6.08 Å². The first-order chi connectivity index (χ1) is 8.83. The summed E-state index contributed by atoms with van der Waals surface area (Å²) in [4.78, 5) is 13.7. The SMILES string of the molecule is CSc1ccccc1C(=O)/C1=C/CCCCCC1. The number of hydrogen-bond acceptors (Lipinski definition) is 2. The lowest BCUT2D eigenvalue weighted by molar-refractivity contribution is 0.102. The number of benzene rings is 1. The molecule has 1 aliphatic carbocycles. The molecule has 2 heteroatoms. The van der Waals surface area contributed by atoms with Gasteiger partial charge in [-0.3, -0.25) is 4.79 Å². The minimum Gasteiger partial charge on any atom is -0.289 e. The van der Waals surface area contributed by atoms with Crippen LogP contribution in [0.2, 0.25) is 0 Å². The zero-order chi connectivity index (χ0) is 12.8. The zero-order valence-electron chi connectivity index (χ0n) is 10.9. The molecule has 0 saturated carbocycles. The average molecular weight is 260 g/mol. The standard InChI is InChI=1S/C16H20OS/c1-18-15-12-8-7-11-14(15)16(17)13-9-5-3-2-4-6-10-13/h7-9,11-12H,2-6,10H2,1H3/b13-9+. The quantitative estimate of drug-likeness (QED) is 0.569. The van der Waals surface area contributed by atoms with Crippen molar-refractivity contribution in [2.75, 3.05) is 6.26 Å². The number of allylic oxidation sites excluding steroid dienone is 2. The predicted molar refractivity (Wildman–Crippen MR) is 78.3 cm³/mol. The molecule has 1 aromatic rings. The molecular formula is C16H20OS. The second-order valence-electron chi connectivity index (χ2n) is 4.71. The second kappa shape index (κ2) is 6.79. The first kappa shape index (κ1) is 13.4. The van der Waals surface area contributed by atoms with Crippen molar-refractivity contribution >= 4 is 17.5 Å². The molecular weight excluding hydrogens is 240 g/mol. The normalized spacial score (nSPS) is 19.5. The van der Waals surface area contributed by atoms with Gasteiger partial charge in [-0.15, -0.1) is 11.8 Å². The van der Waals surface area contributed by atoms with Crippen LogP contribution in [0.5, 0.6) is 0 Å². The molecule has 2 rings (SSSR count). The smallest absolute Gasteiger partial charge is 0.189 e. The number of carbonyl (C=O) groups is 1. The first-order valence-electron chi connectivity index (χ1n) is 6.69. The number of thioether (sulfide) groups is 1. The molecule has 1 nitrogen and oxygen atoms in total. The van der Waals surface area contributed by atoms with E-state index in [1.807, 2.05) is 30.5 Å². The van der Waals surface area contributed by atoms with Crippen LogP contribution < -0.4 is 0 Å². The molecule has 0 atom stereocenters. The highest BCUT2D eigenvalue weighted by molar-refractivity contribution is 7.98. The number of ketones is 1. The van der Waals surface area contributed by atoms with Gasteiger partial charge >= 0.3 is 0 Å². The van der Waals surface area contributed by atoms with Crippen LogP contribution in [0.4, 0.5) is 0 Å². The minimum atomic E-state index is 0.238. The van der Waals surface area contributed by atoms with E-state index >= 15 is 0 Å². The van der Waals surface area contributed by atoms with Gasteiger partial charge in [0.15, 0.2) is 5.78 Å². The van der Waals surface area contributed by atoms with E-state index in [1.165, 1.54) is 19.3 Å². The van der Waals surface area contributed by atoms with Crippen LogP contribution in [-0.2, 0) is 0 Å². The Hall–Kier alpha value is -1.02. The highest BCUT2D eigenvalue weighted by Crippen LogP contribution is 2.26. The molecule has 0 aromatic heterocycles. The summed E-state index contributed by atoms with van der Waals surface area (Å²) in [6.45, 7) is 0. The maximum Gasteiger partial charge on any atom is 0.189 e. The summed E-state index contributed by atoms with van der Waals surface area (Å²) < 4.78 is 0. The van der Waals surface area contributed by atoms with Gasteiger partial charge in [-0.1, -0.05) is 31.1 Å². The van der Waals surface area contributed by atoms with Crippen LogP contribution in [0, 0.1) is 0 Å². The second-order valence-corrected chi connectivity index (χ2v) is 5.56. The van der Waals surface area contributed by atoms with E-state index in [0.29, 0.717) is 0 Å². The van der Waals surface area contributed by atoms with Gasteiger partial charge < -0.3 is 0 Å². The van der Waals surface area contributed by atoms with Gasteiger partial charge in [0.2, 0.25) is 0 Å². The summed E-state index contributed by atoms with van der Waals surface area (Å²) in [6, 6.07) is 7.93. The van der Waals surface area contributed by atoms with Crippen molar-refractivity contribution < 1.29 is 4.79 Å². The zero-order valence-corrected chi connectivity index (χ0v) is 11.8. The summed E-state index contributed by atoms with van der Waals surface area (Å²) in [7, 11) is 0. The largest absolute Gasteiger partial charge is 0.289 e. The Bertz CT molecular complexity index is 448. The van der Waals surface area contributed by atoms with E-state index in [-0.39, 0.29) is 5.78 Å². The highest BCUT2D eigenvalue weighted by Gasteiger charge is 2.15. The van der Waals surface area contributed by atoms with Gasteiger partial charge in [-0.2, -0.15) is 0 Å². The lowest BCUT2D eigenvalue weighted by Crippen LogP contribution is -2.06. The van der Waals surface area contributed by atoms with E-state index in [1.54, 1.807) is 11.8 Å². The number of Topliss-reactive ketones (excluding diaryl/α,β-unsaturated/α-hetero) is 1. The van der Waals surface area contributed by atoms with E-state index in [4.69, 9.17) is 0 Å². The Morgan fingerprint density at radius 2 is 1.89 bits per heavy atom. The number of rotatable bonds is 3. The molecule has 96 valence electrons. The maximum atomic E-state index is 12.6. The van der Waals surface area contributed by atoms with E-state index < -0.39 is 0 Å². The number of carbonyl (C=O) groups excluding carboxylic acids is 1. The maximum absolute atomic E-state index is 12.6. The Morgan fingerprint density at radius 3 is 2.72 bits per heavy atom. The van der Waals surface area contributed by atoms with Crippen LogP contribution in [0.3, 0.4) is 0 Å². The third-order valence-corrected chi connectivity index (χ3v) is 4.23. The van der Waals surface area contributed by atoms with Crippen molar-refractivity contribution in [3.8, 4) is 0 Å². The first-order valence-corrected chi connectivity index (χ1v) is 7.92. The molecule has 0 amide bonds. The molecule has 0 spiro atoms. The van der Waals surface area contributed by atoms with Crippen molar-refractivity contribution in [3.63, 3.8) is 0 Å². The average Bonchev–Trinajstić information content (AvgIpc) is 2.37. The fourth-order valence-electron chi connectivity index (χ4n) is 2.40. The summed E-state index contributed by atoms with van der Waals surface area (Å²) in [5.41, 5.74) is 1.90. The van der Waals surface area contributed by atoms with Gasteiger partial charge in [0.05, 0.1) is 0 Å². The van der Waals surface area contributed by atoms with Gasteiger partial charge in [0, 0.05) is 10.5 Å². The van der Waals surface area contributed by atoms with Gasteiger partial charge in [0.25, 0.3) is 0 Å². The van der Waals surface area contributed by atoms with Crippen molar-refractivity contribution in [2.24, 2.45) is 0 Å². The molecule has 0 heterocycles. The topological polar surface area (TPSA) is 17.1 Å². The molecule has 18 heavy (non-hydrogen) atoms. The monoisotopic (exact) mass is 260 g/mol. The summed E-state index contributed by atoms with van der Waals surface area (Å²) in [5, 5.41) is 0. The van der Waals surface area contributed by atoms with E-state index in [9.17, 15) is 4.79 Å². The van der Waals surface area contributed by atoms with E-state index in [0.717, 1.165) is 35.3 Å². The summed E-state index contributed by atoms with van der Waals surface area (Å²) in [5.74, 6) is 0.238. The fourth-order valence-corrected chi connectivity index (χ4v) is 3.00. The minimum absolute atomic E-state index is 0.238. The van der Waals surface area contributed by atoms with Gasteiger partial charge in [0.1, 0.15) is 0 Å². The summed E-state index contributed by atoms with van der Waals surface area (Å²) in [6.07, 6.45) is 11.1. The molecule has 1 aliphatic rings. The van der Waals surface area contributed by atoms with Crippen LogP contribution in [0.1, 0.15) is 48.9 Å². The molecule has 1 aromatic carbocycles. The van der Waals surface area contributed by atoms with Crippen LogP contribution >= 0.6 is 11.8 Å². The molecule has 0 aliphatic heterocycles. The molecule has 0 saturated heterocycles. The van der Waals surface area contributed by atoms with Gasteiger partial charge in [-0.05, 0) is 49.6 Å². The van der Waals surface area contributed by atoms with Gasteiger partial charge in [-0.25, -0.2) is 0 Å². The predicted octanol–water partition coefficient (Wildman–Crippen LogP) is 4.87. The fraction of sp³-hybridized carbons (Fsp3) is 0.438. The Kier molecular flexibility index (Phi) is 5.06. The highest BCUT2D eigenvalue weighted by atomic mass is 32.2. The molecule has 0 radical (unpaired) electrons. The summed E-state index contributed by atoms with van der Waals surface area (Å²) >= 11 is 1.65. The Balaban J connectivity index is 2.23. The van der Waals surface area contributed by atoms with Crippen LogP contribution in [-0.4, -0.2) is 12.0 Å². The Labute approximate surface area is 114 Å². The van der Waals surface area contributed by atoms with Crippen molar-refractivity contribution in [1.82, 2.24) is 0 Å². The lowest BCUT2D eigenvalue weighted by atomic mass is 9.94. The Morgan fingerprint density at radius 1 is 1.11 bits per heavy atom. The third kappa shape index (κ3) is 3.26. The molecule has 0 bridgehead atoms. The lowest BCUT2D eigenvalue weighted by Gasteiger charge is -2.12. The molecule has 0 N–H and O–H groups in total. The van der Waals surface area contributed by atoms with Crippen LogP contribution in [0.15, 0.2) is 40.8 Å². The third-order valence-electron chi connectivity index (χ3n) is 3.43. The number of hydrogen-bond donors (Lipinski definition) is 0. The van der Waals surface area contributed by atoms with Crippen LogP contribution in [0.25, 0.3) is 0 Å². The van der Waals surface area contributed by atoms with Crippen molar-refractivity contribution in [2.45, 2.75) is 43.4 Å². The molecule has 0 fully saturated rings. The van der Waals surface area contributed by atoms with Crippen molar-refractivity contribution in [1.29, 1.82) is 0 Å². The molecule has 0 unspecified atom stereocenters.